The molecule has 0 unspecified atom stereocenters. The smallest absolute Gasteiger partial charge is 0.244 e. The number of hydrogen-bond donors (Lipinski definition) is 1. The van der Waals surface area contributed by atoms with Crippen molar-refractivity contribution in [3.05, 3.63) is 42.3 Å². The predicted octanol–water partition coefficient (Wildman–Crippen LogP) is 1.35. The van der Waals surface area contributed by atoms with Crippen LogP contribution in [0.3, 0.4) is 0 Å². The van der Waals surface area contributed by atoms with E-state index in [-0.39, 0.29) is 11.4 Å². The lowest BCUT2D eigenvalue weighted by Gasteiger charge is -2.23. The molecule has 1 aromatic carbocycles. The average molecular weight is 352 g/mol. The fourth-order valence-electron chi connectivity index (χ4n) is 2.72. The molecule has 0 spiro atoms. The van der Waals surface area contributed by atoms with Crippen molar-refractivity contribution in [1.29, 1.82) is 0 Å². The van der Waals surface area contributed by atoms with Crippen LogP contribution in [-0.2, 0) is 21.9 Å². The van der Waals surface area contributed by atoms with Crippen LogP contribution in [0.25, 0.3) is 0 Å². The van der Waals surface area contributed by atoms with Crippen LogP contribution in [0.5, 0.6) is 0 Å². The van der Waals surface area contributed by atoms with E-state index in [1.54, 1.807) is 19.3 Å². The van der Waals surface area contributed by atoms with Crippen LogP contribution in [0.2, 0.25) is 0 Å². The Balaban J connectivity index is 1.81. The molecule has 0 aliphatic carbocycles. The minimum atomic E-state index is -3.86. The normalized spacial score (nSPS) is 18.7. The first-order valence-electron chi connectivity index (χ1n) is 7.46. The van der Waals surface area contributed by atoms with Gasteiger partial charge >= 0.3 is 0 Å². The summed E-state index contributed by atoms with van der Waals surface area (Å²) >= 11 is 0. The van der Waals surface area contributed by atoms with E-state index in [0.29, 0.717) is 18.7 Å². The lowest BCUT2D eigenvalue weighted by molar-refractivity contribution is -0.119. The largest absolute Gasteiger partial charge is 0.308 e. The van der Waals surface area contributed by atoms with Gasteiger partial charge in [-0.25, -0.2) is 12.8 Å². The number of amides is 1. The Labute approximate surface area is 139 Å². The van der Waals surface area contributed by atoms with Crippen LogP contribution in [0.15, 0.2) is 41.4 Å². The number of aromatic nitrogens is 2. The van der Waals surface area contributed by atoms with Crippen molar-refractivity contribution in [3.8, 4) is 0 Å². The molecule has 1 atom stereocenters. The van der Waals surface area contributed by atoms with Gasteiger partial charge in [-0.15, -0.1) is 0 Å². The number of hydrogen-bond acceptors (Lipinski definition) is 4. The van der Waals surface area contributed by atoms with Gasteiger partial charge in [-0.1, -0.05) is 0 Å². The number of rotatable bonds is 4. The second kappa shape index (κ2) is 6.33. The minimum absolute atomic E-state index is 0.0264. The molecule has 0 saturated carbocycles. The minimum Gasteiger partial charge on any atom is -0.308 e. The van der Waals surface area contributed by atoms with Crippen molar-refractivity contribution in [3.63, 3.8) is 0 Å². The molecular formula is C15H17FN4O3S. The van der Waals surface area contributed by atoms with Gasteiger partial charge in [0.1, 0.15) is 11.9 Å². The highest BCUT2D eigenvalue weighted by molar-refractivity contribution is 7.89. The first-order valence-corrected chi connectivity index (χ1v) is 8.90. The van der Waals surface area contributed by atoms with Crippen LogP contribution in [0.4, 0.5) is 10.2 Å². The summed E-state index contributed by atoms with van der Waals surface area (Å²) in [6.45, 7) is 0.250. The van der Waals surface area contributed by atoms with Gasteiger partial charge in [0.05, 0.1) is 4.90 Å². The molecule has 9 heteroatoms. The van der Waals surface area contributed by atoms with Gasteiger partial charge in [0.25, 0.3) is 0 Å². The number of anilines is 1. The van der Waals surface area contributed by atoms with Crippen LogP contribution in [-0.4, -0.2) is 41.0 Å². The number of aryl methyl sites for hydroxylation is 1. The SMILES string of the molecule is Cn1ccc(NC(=O)[C@@H]2CCCN2S(=O)(=O)c2ccc(F)cc2)n1. The molecule has 1 saturated heterocycles. The molecule has 1 aliphatic rings. The van der Waals surface area contributed by atoms with E-state index in [0.717, 1.165) is 12.1 Å². The second-order valence-corrected chi connectivity index (χ2v) is 7.48. The number of carbonyl (C=O) groups excluding carboxylic acids is 1. The molecule has 1 fully saturated rings. The Morgan fingerprint density at radius 1 is 1.29 bits per heavy atom. The Kier molecular flexibility index (Phi) is 4.37. The molecule has 2 aromatic rings. The number of halogens is 1. The van der Waals surface area contributed by atoms with Gasteiger partial charge in [-0.2, -0.15) is 9.40 Å². The van der Waals surface area contributed by atoms with Gasteiger partial charge in [0.15, 0.2) is 5.82 Å². The Hall–Kier alpha value is -2.26. The van der Waals surface area contributed by atoms with Gasteiger partial charge in [0.2, 0.25) is 15.9 Å². The summed E-state index contributed by atoms with van der Waals surface area (Å²) in [4.78, 5) is 12.4. The summed E-state index contributed by atoms with van der Waals surface area (Å²) in [5.41, 5.74) is 0. The average Bonchev–Trinajstić information content (AvgIpc) is 3.17. The van der Waals surface area contributed by atoms with Gasteiger partial charge < -0.3 is 5.32 Å². The molecule has 2 heterocycles. The topological polar surface area (TPSA) is 84.3 Å². The second-order valence-electron chi connectivity index (χ2n) is 5.59. The summed E-state index contributed by atoms with van der Waals surface area (Å²) in [6.07, 6.45) is 2.69. The summed E-state index contributed by atoms with van der Waals surface area (Å²) in [6, 6.07) is 5.42. The van der Waals surface area contributed by atoms with Crippen LogP contribution in [0.1, 0.15) is 12.8 Å². The zero-order chi connectivity index (χ0) is 17.3. The van der Waals surface area contributed by atoms with E-state index in [1.807, 2.05) is 0 Å². The van der Waals surface area contributed by atoms with Crippen LogP contribution in [0, 0.1) is 5.82 Å². The van der Waals surface area contributed by atoms with Crippen molar-refractivity contribution in [2.45, 2.75) is 23.8 Å². The van der Waals surface area contributed by atoms with Gasteiger partial charge in [-0.05, 0) is 37.1 Å². The van der Waals surface area contributed by atoms with E-state index in [9.17, 15) is 17.6 Å². The highest BCUT2D eigenvalue weighted by Crippen LogP contribution is 2.27. The molecule has 1 aromatic heterocycles. The third kappa shape index (κ3) is 3.17. The van der Waals surface area contributed by atoms with Crippen molar-refractivity contribution < 1.29 is 17.6 Å². The fraction of sp³-hybridized carbons (Fsp3) is 0.333. The lowest BCUT2D eigenvalue weighted by Crippen LogP contribution is -2.43. The molecule has 24 heavy (non-hydrogen) atoms. The summed E-state index contributed by atoms with van der Waals surface area (Å²) < 4.78 is 41.2. The number of nitrogens with one attached hydrogen (secondary N) is 1. The molecule has 1 aliphatic heterocycles. The van der Waals surface area contributed by atoms with E-state index in [1.165, 1.54) is 21.1 Å². The highest BCUT2D eigenvalue weighted by Gasteiger charge is 2.39. The summed E-state index contributed by atoms with van der Waals surface area (Å²) in [5.74, 6) is -0.565. The number of benzene rings is 1. The van der Waals surface area contributed by atoms with Gasteiger partial charge in [0, 0.05) is 25.9 Å². The van der Waals surface area contributed by atoms with Crippen LogP contribution >= 0.6 is 0 Å². The Bertz CT molecular complexity index is 848. The standard InChI is InChI=1S/C15H17FN4O3S/c1-19-10-8-14(18-19)17-15(21)13-3-2-9-20(13)24(22,23)12-6-4-11(16)5-7-12/h4-8,10,13H,2-3,9H2,1H3,(H,17,18,21)/t13-/m0/s1. The fourth-order valence-corrected chi connectivity index (χ4v) is 4.38. The maximum Gasteiger partial charge on any atom is 0.244 e. The van der Waals surface area contributed by atoms with Crippen molar-refractivity contribution >= 4 is 21.7 Å². The Morgan fingerprint density at radius 3 is 2.62 bits per heavy atom. The van der Waals surface area contributed by atoms with E-state index < -0.39 is 27.8 Å². The Morgan fingerprint density at radius 2 is 2.00 bits per heavy atom. The molecule has 128 valence electrons. The zero-order valence-corrected chi connectivity index (χ0v) is 13.8. The maximum atomic E-state index is 13.0. The zero-order valence-electron chi connectivity index (χ0n) is 13.0. The van der Waals surface area contributed by atoms with Crippen molar-refractivity contribution in [2.75, 3.05) is 11.9 Å². The van der Waals surface area contributed by atoms with Gasteiger partial charge in [-0.3, -0.25) is 9.48 Å². The number of carbonyl (C=O) groups is 1. The summed E-state index contributed by atoms with van der Waals surface area (Å²) in [7, 11) is -2.14. The third-order valence-electron chi connectivity index (χ3n) is 3.89. The molecular weight excluding hydrogens is 335 g/mol. The third-order valence-corrected chi connectivity index (χ3v) is 5.81. The van der Waals surface area contributed by atoms with E-state index in [2.05, 4.69) is 10.4 Å². The lowest BCUT2D eigenvalue weighted by atomic mass is 10.2. The summed E-state index contributed by atoms with van der Waals surface area (Å²) in [5, 5.41) is 6.68. The molecule has 3 rings (SSSR count). The first kappa shape index (κ1) is 16.6. The molecule has 0 radical (unpaired) electrons. The monoisotopic (exact) mass is 352 g/mol. The van der Waals surface area contributed by atoms with Crippen LogP contribution < -0.4 is 5.32 Å². The van der Waals surface area contributed by atoms with E-state index in [4.69, 9.17) is 0 Å². The highest BCUT2D eigenvalue weighted by atomic mass is 32.2. The van der Waals surface area contributed by atoms with E-state index >= 15 is 0 Å². The molecule has 1 N–H and O–H groups in total. The number of sulfonamides is 1. The predicted molar refractivity (Wildman–Crippen MR) is 85.2 cm³/mol. The first-order chi connectivity index (χ1) is 11.4. The molecule has 1 amide bonds. The molecule has 7 nitrogen and oxygen atoms in total. The number of nitrogens with zero attached hydrogens (tertiary/aromatic N) is 3. The molecule has 0 bridgehead atoms. The van der Waals surface area contributed by atoms with Crippen molar-refractivity contribution in [1.82, 2.24) is 14.1 Å². The quantitative estimate of drug-likeness (QED) is 0.900. The van der Waals surface area contributed by atoms with Crippen molar-refractivity contribution in [2.24, 2.45) is 7.05 Å². The maximum absolute atomic E-state index is 13.0.